The van der Waals surface area contributed by atoms with Crippen LogP contribution in [0.3, 0.4) is 0 Å². The minimum atomic E-state index is -0.988. The van der Waals surface area contributed by atoms with Gasteiger partial charge >= 0.3 is 0 Å². The highest BCUT2D eigenvalue weighted by atomic mass is 32.2. The number of likely N-dealkylation sites (tertiary alicyclic amines) is 1. The minimum Gasteiger partial charge on any atom is -0.354 e. The molecule has 3 aliphatic rings. The first kappa shape index (κ1) is 20.6. The summed E-state index contributed by atoms with van der Waals surface area (Å²) in [6.45, 7) is 6.52. The van der Waals surface area contributed by atoms with Crippen LogP contribution in [0.4, 0.5) is 11.4 Å². The van der Waals surface area contributed by atoms with Crippen LogP contribution in [0.5, 0.6) is 0 Å². The van der Waals surface area contributed by atoms with Gasteiger partial charge in [-0.25, -0.2) is 8.51 Å². The van der Waals surface area contributed by atoms with E-state index in [-0.39, 0.29) is 5.25 Å². The van der Waals surface area contributed by atoms with E-state index >= 15 is 0 Å². The van der Waals surface area contributed by atoms with Gasteiger partial charge in [-0.3, -0.25) is 0 Å². The maximum atomic E-state index is 13.3. The Hall–Kier alpha value is -1.34. The predicted octanol–water partition coefficient (Wildman–Crippen LogP) is 5.57. The van der Waals surface area contributed by atoms with E-state index in [1.54, 1.807) is 11.8 Å². The summed E-state index contributed by atoms with van der Waals surface area (Å²) in [5.74, 6) is 0. The van der Waals surface area contributed by atoms with Crippen molar-refractivity contribution in [3.8, 4) is 0 Å². The molecule has 30 heavy (non-hydrogen) atoms. The van der Waals surface area contributed by atoms with Crippen molar-refractivity contribution in [1.82, 2.24) is 9.21 Å². The van der Waals surface area contributed by atoms with E-state index in [0.717, 1.165) is 42.9 Å². The summed E-state index contributed by atoms with van der Waals surface area (Å²) < 4.78 is 15.6. The van der Waals surface area contributed by atoms with Gasteiger partial charge in [-0.15, -0.1) is 0 Å². The van der Waals surface area contributed by atoms with E-state index in [4.69, 9.17) is 0 Å². The lowest BCUT2D eigenvalue weighted by atomic mass is 10.0. The Morgan fingerprint density at radius 3 is 2.50 bits per heavy atom. The molecular formula is C24H31N3OS2. The van der Waals surface area contributed by atoms with E-state index in [2.05, 4.69) is 63.9 Å². The van der Waals surface area contributed by atoms with Crippen molar-refractivity contribution >= 4 is 34.1 Å². The van der Waals surface area contributed by atoms with Gasteiger partial charge in [-0.2, -0.15) is 0 Å². The first-order valence-corrected chi connectivity index (χ1v) is 13.3. The number of nitrogens with one attached hydrogen (secondary N) is 1. The standard InChI is InChI=1S/C24H31N3OS2/c1-18(30(28)27-15-11-20(12-16-27)26-13-5-2-6-14-26)19-9-10-24-22(17-19)25-21-7-3-4-8-23(21)29-24/h3-4,7-10,17-18,20,25H,2,5-6,11-16H2,1H3. The van der Waals surface area contributed by atoms with Crippen molar-refractivity contribution in [2.24, 2.45) is 0 Å². The zero-order valence-electron chi connectivity index (χ0n) is 17.7. The average Bonchev–Trinajstić information content (AvgIpc) is 2.82. The summed E-state index contributed by atoms with van der Waals surface area (Å²) >= 11 is 1.80. The van der Waals surface area contributed by atoms with Gasteiger partial charge in [0.15, 0.2) is 0 Å². The molecule has 0 aliphatic carbocycles. The molecule has 0 amide bonds. The van der Waals surface area contributed by atoms with Gasteiger partial charge in [0.25, 0.3) is 0 Å². The van der Waals surface area contributed by atoms with Crippen molar-refractivity contribution in [2.45, 2.75) is 60.1 Å². The van der Waals surface area contributed by atoms with Gasteiger partial charge in [-0.05, 0) is 75.5 Å². The lowest BCUT2D eigenvalue weighted by Crippen LogP contribution is -2.47. The average molecular weight is 442 g/mol. The molecule has 3 aliphatic heterocycles. The van der Waals surface area contributed by atoms with Gasteiger partial charge in [0, 0.05) is 28.9 Å². The zero-order valence-corrected chi connectivity index (χ0v) is 19.3. The van der Waals surface area contributed by atoms with Crippen LogP contribution in [0.2, 0.25) is 0 Å². The molecule has 6 heteroatoms. The van der Waals surface area contributed by atoms with Gasteiger partial charge in [-0.1, -0.05) is 36.4 Å². The van der Waals surface area contributed by atoms with Crippen molar-refractivity contribution in [1.29, 1.82) is 0 Å². The number of fused-ring (bicyclic) bond motifs is 2. The third-order valence-electron chi connectivity index (χ3n) is 6.74. The number of piperidine rings is 2. The van der Waals surface area contributed by atoms with Crippen LogP contribution < -0.4 is 5.32 Å². The molecule has 5 rings (SSSR count). The molecule has 0 spiro atoms. The van der Waals surface area contributed by atoms with Crippen molar-refractivity contribution in [3.05, 3.63) is 48.0 Å². The fraction of sp³-hybridized carbons (Fsp3) is 0.500. The van der Waals surface area contributed by atoms with E-state index in [9.17, 15) is 4.21 Å². The normalized spacial score (nSPS) is 22.6. The van der Waals surface area contributed by atoms with E-state index in [1.807, 2.05) is 0 Å². The summed E-state index contributed by atoms with van der Waals surface area (Å²) in [6, 6.07) is 15.6. The van der Waals surface area contributed by atoms with E-state index in [1.165, 1.54) is 42.1 Å². The first-order valence-electron chi connectivity index (χ1n) is 11.3. The number of benzene rings is 2. The number of para-hydroxylation sites is 1. The molecule has 3 heterocycles. The molecule has 160 valence electrons. The van der Waals surface area contributed by atoms with Gasteiger partial charge < -0.3 is 10.2 Å². The van der Waals surface area contributed by atoms with Crippen LogP contribution in [0.1, 0.15) is 49.8 Å². The van der Waals surface area contributed by atoms with Crippen LogP contribution in [0, 0.1) is 0 Å². The Morgan fingerprint density at radius 1 is 0.967 bits per heavy atom. The highest BCUT2D eigenvalue weighted by Crippen LogP contribution is 2.45. The number of anilines is 2. The second kappa shape index (κ2) is 9.03. The number of hydrogen-bond donors (Lipinski definition) is 1. The number of hydrogen-bond acceptors (Lipinski definition) is 4. The summed E-state index contributed by atoms with van der Waals surface area (Å²) in [5, 5.41) is 3.56. The molecular weight excluding hydrogens is 410 g/mol. The smallest absolute Gasteiger partial charge is 0.102 e. The van der Waals surface area contributed by atoms with Crippen LogP contribution >= 0.6 is 11.8 Å². The van der Waals surface area contributed by atoms with Crippen molar-refractivity contribution < 1.29 is 4.21 Å². The highest BCUT2D eigenvalue weighted by Gasteiger charge is 2.30. The fourth-order valence-electron chi connectivity index (χ4n) is 4.92. The van der Waals surface area contributed by atoms with Crippen LogP contribution in [-0.4, -0.2) is 45.6 Å². The molecule has 4 nitrogen and oxygen atoms in total. The Morgan fingerprint density at radius 2 is 1.70 bits per heavy atom. The van der Waals surface area contributed by atoms with Crippen LogP contribution in [0.25, 0.3) is 0 Å². The molecule has 0 aromatic heterocycles. The quantitative estimate of drug-likeness (QED) is 0.574. The van der Waals surface area contributed by atoms with Crippen molar-refractivity contribution in [2.75, 3.05) is 31.5 Å². The summed E-state index contributed by atoms with van der Waals surface area (Å²) in [5.41, 5.74) is 3.43. The van der Waals surface area contributed by atoms with Gasteiger partial charge in [0.2, 0.25) is 0 Å². The molecule has 2 aromatic rings. The maximum absolute atomic E-state index is 13.3. The zero-order chi connectivity index (χ0) is 20.5. The van der Waals surface area contributed by atoms with E-state index < -0.39 is 11.0 Å². The molecule has 0 saturated carbocycles. The Balaban J connectivity index is 1.23. The summed E-state index contributed by atoms with van der Waals surface area (Å²) in [6.07, 6.45) is 6.38. The SMILES string of the molecule is CC(c1ccc2c(c1)Nc1ccccc1S2)S(=O)N1CCC(N2CCCCC2)CC1. The second-order valence-corrected chi connectivity index (χ2v) is 11.5. The molecule has 2 saturated heterocycles. The predicted molar refractivity (Wildman–Crippen MR) is 127 cm³/mol. The molecule has 2 atom stereocenters. The summed E-state index contributed by atoms with van der Waals surface area (Å²) in [4.78, 5) is 5.17. The molecule has 0 bridgehead atoms. The lowest BCUT2D eigenvalue weighted by molar-refractivity contribution is 0.119. The first-order chi connectivity index (χ1) is 14.7. The minimum absolute atomic E-state index is 0.00538. The summed E-state index contributed by atoms with van der Waals surface area (Å²) in [7, 11) is -0.988. The number of nitrogens with zero attached hydrogens (tertiary/aromatic N) is 2. The second-order valence-electron chi connectivity index (χ2n) is 8.65. The van der Waals surface area contributed by atoms with Crippen molar-refractivity contribution in [3.63, 3.8) is 0 Å². The Bertz CT molecular complexity index is 920. The van der Waals surface area contributed by atoms with E-state index in [0.29, 0.717) is 6.04 Å². The molecule has 1 N–H and O–H groups in total. The van der Waals surface area contributed by atoms with Gasteiger partial charge in [0.1, 0.15) is 11.0 Å². The molecule has 0 radical (unpaired) electrons. The molecule has 2 unspecified atom stereocenters. The fourth-order valence-corrected chi connectivity index (χ4v) is 7.29. The number of rotatable bonds is 4. The van der Waals surface area contributed by atoms with Crippen LogP contribution in [0.15, 0.2) is 52.3 Å². The maximum Gasteiger partial charge on any atom is 0.102 e. The third kappa shape index (κ3) is 4.20. The topological polar surface area (TPSA) is 35.6 Å². The third-order valence-corrected chi connectivity index (χ3v) is 9.64. The monoisotopic (exact) mass is 441 g/mol. The van der Waals surface area contributed by atoms with Gasteiger partial charge in [0.05, 0.1) is 16.6 Å². The largest absolute Gasteiger partial charge is 0.354 e. The molecule has 2 aromatic carbocycles. The Labute approximate surface area is 187 Å². The van der Waals surface area contributed by atoms with Crippen LogP contribution in [-0.2, 0) is 11.0 Å². The Kier molecular flexibility index (Phi) is 6.19. The molecule has 2 fully saturated rings. The lowest BCUT2D eigenvalue weighted by Gasteiger charge is -2.40. The highest BCUT2D eigenvalue weighted by molar-refractivity contribution is 7.99.